The summed E-state index contributed by atoms with van der Waals surface area (Å²) >= 11 is 0. The lowest BCUT2D eigenvalue weighted by molar-refractivity contribution is -0.126. The Kier molecular flexibility index (Phi) is 8.93. The largest absolute Gasteiger partial charge is 0.356 e. The molecule has 4 nitrogen and oxygen atoms in total. The third-order valence-corrected chi connectivity index (χ3v) is 5.38. The van der Waals surface area contributed by atoms with Crippen LogP contribution in [-0.4, -0.2) is 22.0 Å². The van der Waals surface area contributed by atoms with E-state index < -0.39 is 0 Å². The van der Waals surface area contributed by atoms with Crippen LogP contribution in [0.2, 0.25) is 0 Å². The van der Waals surface area contributed by atoms with Crippen LogP contribution in [0.4, 0.5) is 0 Å². The predicted molar refractivity (Wildman–Crippen MR) is 98.7 cm³/mol. The molecule has 1 aromatic rings. The van der Waals surface area contributed by atoms with Crippen LogP contribution < -0.4 is 5.32 Å². The summed E-state index contributed by atoms with van der Waals surface area (Å²) in [6, 6.07) is 0. The van der Waals surface area contributed by atoms with Crippen LogP contribution in [0.15, 0.2) is 18.7 Å². The van der Waals surface area contributed by atoms with Gasteiger partial charge in [-0.05, 0) is 44.4 Å². The minimum absolute atomic E-state index is 0.282. The highest BCUT2D eigenvalue weighted by Gasteiger charge is 2.25. The summed E-state index contributed by atoms with van der Waals surface area (Å²) in [5.41, 5.74) is 0. The summed E-state index contributed by atoms with van der Waals surface area (Å²) < 4.78 is 2.12. The van der Waals surface area contributed by atoms with Crippen molar-refractivity contribution in [2.75, 3.05) is 6.54 Å². The molecule has 1 aliphatic carbocycles. The van der Waals surface area contributed by atoms with Crippen LogP contribution in [-0.2, 0) is 11.3 Å². The zero-order chi connectivity index (χ0) is 17.0. The van der Waals surface area contributed by atoms with Gasteiger partial charge in [-0.25, -0.2) is 4.98 Å². The van der Waals surface area contributed by atoms with Gasteiger partial charge in [-0.3, -0.25) is 4.79 Å². The molecule has 0 aliphatic heterocycles. The minimum Gasteiger partial charge on any atom is -0.356 e. The number of carbonyl (C=O) groups excluding carboxylic acids is 1. The molecule has 0 radical (unpaired) electrons. The third-order valence-electron chi connectivity index (χ3n) is 5.38. The Bertz CT molecular complexity index is 436. The van der Waals surface area contributed by atoms with Gasteiger partial charge in [-0.1, -0.05) is 39.0 Å². The molecule has 0 saturated heterocycles. The van der Waals surface area contributed by atoms with Crippen molar-refractivity contribution in [3.8, 4) is 0 Å². The van der Waals surface area contributed by atoms with Crippen LogP contribution in [0, 0.1) is 11.8 Å². The van der Waals surface area contributed by atoms with E-state index in [2.05, 4.69) is 21.8 Å². The summed E-state index contributed by atoms with van der Waals surface area (Å²) in [6.07, 6.45) is 19.1. The molecule has 1 aromatic heterocycles. The van der Waals surface area contributed by atoms with E-state index >= 15 is 0 Å². The van der Waals surface area contributed by atoms with Crippen LogP contribution in [0.1, 0.15) is 77.6 Å². The number of hydrogen-bond acceptors (Lipinski definition) is 2. The molecule has 2 rings (SSSR count). The molecule has 0 aromatic carbocycles. The first-order chi connectivity index (χ1) is 11.8. The van der Waals surface area contributed by atoms with E-state index in [4.69, 9.17) is 0 Å². The average molecular weight is 334 g/mol. The Labute approximate surface area is 147 Å². The van der Waals surface area contributed by atoms with Gasteiger partial charge in [0.1, 0.15) is 0 Å². The van der Waals surface area contributed by atoms with Crippen LogP contribution in [0.5, 0.6) is 0 Å². The Morgan fingerprint density at radius 3 is 2.62 bits per heavy atom. The molecule has 1 saturated carbocycles. The number of aromatic nitrogens is 2. The lowest BCUT2D eigenvalue weighted by Crippen LogP contribution is -2.33. The Morgan fingerprint density at radius 2 is 1.92 bits per heavy atom. The maximum Gasteiger partial charge on any atom is 0.223 e. The van der Waals surface area contributed by atoms with E-state index in [-0.39, 0.29) is 5.92 Å². The van der Waals surface area contributed by atoms with Crippen LogP contribution >= 0.6 is 0 Å². The van der Waals surface area contributed by atoms with Gasteiger partial charge in [0.2, 0.25) is 5.91 Å². The number of unbranched alkanes of at least 4 members (excludes halogenated alkanes) is 4. The lowest BCUT2D eigenvalue weighted by Gasteiger charge is -2.27. The molecule has 1 N–H and O–H groups in total. The van der Waals surface area contributed by atoms with Crippen molar-refractivity contribution >= 4 is 5.91 Å². The number of nitrogens with one attached hydrogen (secondary N) is 1. The normalized spacial score (nSPS) is 20.9. The average Bonchev–Trinajstić information content (AvgIpc) is 3.13. The van der Waals surface area contributed by atoms with E-state index in [1.54, 1.807) is 0 Å². The molecule has 0 bridgehead atoms. The van der Waals surface area contributed by atoms with Crippen molar-refractivity contribution in [2.45, 2.75) is 84.1 Å². The van der Waals surface area contributed by atoms with Gasteiger partial charge in [-0.15, -0.1) is 0 Å². The van der Waals surface area contributed by atoms with Gasteiger partial charge < -0.3 is 9.88 Å². The van der Waals surface area contributed by atoms with Crippen molar-refractivity contribution < 1.29 is 4.79 Å². The number of amides is 1. The smallest absolute Gasteiger partial charge is 0.223 e. The number of hydrogen-bond donors (Lipinski definition) is 1. The molecule has 0 spiro atoms. The predicted octanol–water partition coefficient (Wildman–Crippen LogP) is 4.56. The molecule has 4 heteroatoms. The summed E-state index contributed by atoms with van der Waals surface area (Å²) in [5.74, 6) is 1.47. The molecule has 0 unspecified atom stereocenters. The van der Waals surface area contributed by atoms with Gasteiger partial charge in [0.25, 0.3) is 0 Å². The fourth-order valence-electron chi connectivity index (χ4n) is 3.75. The highest BCUT2D eigenvalue weighted by molar-refractivity contribution is 5.78. The Balaban J connectivity index is 1.45. The van der Waals surface area contributed by atoms with Gasteiger partial charge in [0, 0.05) is 31.4 Å². The lowest BCUT2D eigenvalue weighted by atomic mass is 9.79. The van der Waals surface area contributed by atoms with Crippen LogP contribution in [0.3, 0.4) is 0 Å². The monoisotopic (exact) mass is 333 g/mol. The highest BCUT2D eigenvalue weighted by atomic mass is 16.1. The molecule has 136 valence electrons. The van der Waals surface area contributed by atoms with Crippen molar-refractivity contribution in [3.63, 3.8) is 0 Å². The molecule has 0 atom stereocenters. The van der Waals surface area contributed by atoms with E-state index in [0.717, 1.165) is 38.3 Å². The first-order valence-corrected chi connectivity index (χ1v) is 10.0. The number of rotatable bonds is 11. The molecule has 1 heterocycles. The van der Waals surface area contributed by atoms with Gasteiger partial charge in [-0.2, -0.15) is 0 Å². The van der Waals surface area contributed by atoms with Crippen LogP contribution in [0.25, 0.3) is 0 Å². The second kappa shape index (κ2) is 11.3. The van der Waals surface area contributed by atoms with Gasteiger partial charge in [0.15, 0.2) is 0 Å². The number of nitrogens with zero attached hydrogens (tertiary/aromatic N) is 2. The molecule has 24 heavy (non-hydrogen) atoms. The van der Waals surface area contributed by atoms with E-state index in [9.17, 15) is 4.79 Å². The second-order valence-corrected chi connectivity index (χ2v) is 7.37. The first kappa shape index (κ1) is 19.0. The first-order valence-electron chi connectivity index (χ1n) is 10.0. The Morgan fingerprint density at radius 1 is 1.12 bits per heavy atom. The summed E-state index contributed by atoms with van der Waals surface area (Å²) in [6.45, 7) is 4.16. The van der Waals surface area contributed by atoms with Crippen molar-refractivity contribution in [2.24, 2.45) is 11.8 Å². The minimum atomic E-state index is 0.282. The topological polar surface area (TPSA) is 46.9 Å². The van der Waals surface area contributed by atoms with Gasteiger partial charge in [0.05, 0.1) is 6.33 Å². The second-order valence-electron chi connectivity index (χ2n) is 7.37. The maximum absolute atomic E-state index is 12.2. The quantitative estimate of drug-likeness (QED) is 0.604. The zero-order valence-corrected chi connectivity index (χ0v) is 15.4. The van der Waals surface area contributed by atoms with Crippen molar-refractivity contribution in [3.05, 3.63) is 18.7 Å². The molecular formula is C20H35N3O. The fourth-order valence-corrected chi connectivity index (χ4v) is 3.75. The van der Waals surface area contributed by atoms with E-state index in [1.165, 1.54) is 51.4 Å². The molecule has 1 aliphatic rings. The number of aryl methyl sites for hydroxylation is 1. The summed E-state index contributed by atoms with van der Waals surface area (Å²) in [4.78, 5) is 16.3. The third kappa shape index (κ3) is 7.06. The SMILES string of the molecule is CCCCC1CCC(C(=O)NCCCCCCn2ccnc2)CC1. The molecule has 1 amide bonds. The van der Waals surface area contributed by atoms with Crippen molar-refractivity contribution in [1.29, 1.82) is 0 Å². The molecular weight excluding hydrogens is 298 g/mol. The fraction of sp³-hybridized carbons (Fsp3) is 0.800. The highest BCUT2D eigenvalue weighted by Crippen LogP contribution is 2.31. The Hall–Kier alpha value is -1.32. The molecule has 1 fully saturated rings. The van der Waals surface area contributed by atoms with E-state index in [0.29, 0.717) is 5.91 Å². The maximum atomic E-state index is 12.2. The van der Waals surface area contributed by atoms with Crippen molar-refractivity contribution in [1.82, 2.24) is 14.9 Å². The van der Waals surface area contributed by atoms with Gasteiger partial charge >= 0.3 is 0 Å². The standard InChI is InChI=1S/C20H35N3O/c1-2-3-8-18-9-11-19(12-10-18)20(24)22-13-6-4-5-7-15-23-16-14-21-17-23/h14,16-19H,2-13,15H2,1H3,(H,22,24). The summed E-state index contributed by atoms with van der Waals surface area (Å²) in [5, 5.41) is 3.16. The summed E-state index contributed by atoms with van der Waals surface area (Å²) in [7, 11) is 0. The number of carbonyl (C=O) groups is 1. The zero-order valence-electron chi connectivity index (χ0n) is 15.4. The number of imidazole rings is 1. The van der Waals surface area contributed by atoms with E-state index in [1.807, 2.05) is 18.7 Å².